The molecule has 0 spiro atoms. The lowest BCUT2D eigenvalue weighted by Crippen LogP contribution is -2.03. The fourth-order valence-electron chi connectivity index (χ4n) is 2.65. The van der Waals surface area contributed by atoms with Crippen LogP contribution in [0.3, 0.4) is 0 Å². The summed E-state index contributed by atoms with van der Waals surface area (Å²) in [5, 5.41) is 12.8. The molecular formula is C17H10N4O. The van der Waals surface area contributed by atoms with Crippen LogP contribution in [0.15, 0.2) is 42.7 Å². The predicted octanol–water partition coefficient (Wildman–Crippen LogP) is 2.93. The molecule has 0 saturated heterocycles. The van der Waals surface area contributed by atoms with Crippen LogP contribution in [0.4, 0.5) is 5.69 Å². The summed E-state index contributed by atoms with van der Waals surface area (Å²) in [6.07, 6.45) is 5.36. The molecule has 5 heteroatoms. The Morgan fingerprint density at radius 3 is 3.05 bits per heavy atom. The van der Waals surface area contributed by atoms with Gasteiger partial charge in [-0.05, 0) is 36.4 Å². The zero-order valence-corrected chi connectivity index (χ0v) is 11.4. The number of nitrogens with one attached hydrogen (secondary N) is 2. The number of benzene rings is 1. The SMILES string of the molecule is N#Cc1ccc2c(c1)C(=Cc1c[nH]c3ncccc13)C(=O)N2. The number of pyridine rings is 1. The van der Waals surface area contributed by atoms with Crippen molar-refractivity contribution in [3.63, 3.8) is 0 Å². The van der Waals surface area contributed by atoms with Gasteiger partial charge in [-0.15, -0.1) is 0 Å². The van der Waals surface area contributed by atoms with E-state index in [1.807, 2.05) is 24.4 Å². The highest BCUT2D eigenvalue weighted by molar-refractivity contribution is 6.35. The second-order valence-corrected chi connectivity index (χ2v) is 5.03. The van der Waals surface area contributed by atoms with E-state index in [1.165, 1.54) is 0 Å². The van der Waals surface area contributed by atoms with Crippen LogP contribution in [0.2, 0.25) is 0 Å². The van der Waals surface area contributed by atoms with E-state index in [0.29, 0.717) is 11.1 Å². The molecule has 104 valence electrons. The Morgan fingerprint density at radius 1 is 1.27 bits per heavy atom. The van der Waals surface area contributed by atoms with Gasteiger partial charge in [0.25, 0.3) is 5.91 Å². The molecule has 0 unspecified atom stereocenters. The molecule has 1 aromatic carbocycles. The number of hydrogen-bond acceptors (Lipinski definition) is 3. The molecule has 2 N–H and O–H groups in total. The molecule has 2 aromatic heterocycles. The van der Waals surface area contributed by atoms with Crippen LogP contribution in [0, 0.1) is 11.3 Å². The average Bonchev–Trinajstić information content (AvgIpc) is 3.09. The van der Waals surface area contributed by atoms with Crippen LogP contribution < -0.4 is 5.32 Å². The van der Waals surface area contributed by atoms with Crippen LogP contribution in [0.25, 0.3) is 22.7 Å². The van der Waals surface area contributed by atoms with Crippen molar-refractivity contribution in [3.8, 4) is 6.07 Å². The maximum atomic E-state index is 12.2. The minimum atomic E-state index is -0.164. The van der Waals surface area contributed by atoms with Crippen molar-refractivity contribution in [3.05, 3.63) is 59.4 Å². The zero-order valence-electron chi connectivity index (χ0n) is 11.4. The summed E-state index contributed by atoms with van der Waals surface area (Å²) in [6.45, 7) is 0. The Balaban J connectivity index is 1.90. The summed E-state index contributed by atoms with van der Waals surface area (Å²) >= 11 is 0. The molecule has 0 saturated carbocycles. The maximum Gasteiger partial charge on any atom is 0.256 e. The van der Waals surface area contributed by atoms with Crippen LogP contribution in [-0.2, 0) is 4.79 Å². The molecule has 0 fully saturated rings. The van der Waals surface area contributed by atoms with Crippen molar-refractivity contribution < 1.29 is 4.79 Å². The second kappa shape index (κ2) is 4.57. The van der Waals surface area contributed by atoms with Gasteiger partial charge < -0.3 is 10.3 Å². The van der Waals surface area contributed by atoms with Crippen LogP contribution in [0.1, 0.15) is 16.7 Å². The molecule has 0 aliphatic carbocycles. The third-order valence-corrected chi connectivity index (χ3v) is 3.71. The molecule has 1 aliphatic heterocycles. The first-order chi connectivity index (χ1) is 10.8. The van der Waals surface area contributed by atoms with Crippen molar-refractivity contribution in [1.82, 2.24) is 9.97 Å². The van der Waals surface area contributed by atoms with Gasteiger partial charge in [-0.1, -0.05) is 0 Å². The van der Waals surface area contributed by atoms with Crippen LogP contribution >= 0.6 is 0 Å². The standard InChI is InChI=1S/C17H10N4O/c18-8-10-3-4-15-13(6-10)14(17(22)21-15)7-11-9-20-16-12(11)2-1-5-19-16/h1-7,9H,(H,19,20)(H,21,22). The molecule has 4 rings (SSSR count). The third kappa shape index (κ3) is 1.79. The smallest absolute Gasteiger partial charge is 0.256 e. The van der Waals surface area contributed by atoms with Gasteiger partial charge in [-0.25, -0.2) is 4.98 Å². The highest BCUT2D eigenvalue weighted by Crippen LogP contribution is 2.34. The Bertz CT molecular complexity index is 991. The number of carbonyl (C=O) groups excluding carboxylic acids is 1. The van der Waals surface area contributed by atoms with Crippen molar-refractivity contribution in [2.45, 2.75) is 0 Å². The predicted molar refractivity (Wildman–Crippen MR) is 83.8 cm³/mol. The Morgan fingerprint density at radius 2 is 2.18 bits per heavy atom. The Kier molecular flexibility index (Phi) is 2.57. The number of aromatic nitrogens is 2. The largest absolute Gasteiger partial charge is 0.346 e. The fraction of sp³-hybridized carbons (Fsp3) is 0. The van der Waals surface area contributed by atoms with Gasteiger partial charge in [0.2, 0.25) is 0 Å². The summed E-state index contributed by atoms with van der Waals surface area (Å²) in [4.78, 5) is 19.5. The fourth-order valence-corrected chi connectivity index (χ4v) is 2.65. The van der Waals surface area contributed by atoms with E-state index in [9.17, 15) is 4.79 Å². The van der Waals surface area contributed by atoms with E-state index in [2.05, 4.69) is 21.4 Å². The number of carbonyl (C=O) groups is 1. The summed E-state index contributed by atoms with van der Waals surface area (Å²) in [6, 6.07) is 11.1. The van der Waals surface area contributed by atoms with E-state index < -0.39 is 0 Å². The molecule has 5 nitrogen and oxygen atoms in total. The number of rotatable bonds is 1. The zero-order chi connectivity index (χ0) is 15.1. The van der Waals surface area contributed by atoms with Crippen molar-refractivity contribution >= 4 is 34.3 Å². The molecule has 0 bridgehead atoms. The number of anilines is 1. The van der Waals surface area contributed by atoms with Gasteiger partial charge in [0.15, 0.2) is 0 Å². The van der Waals surface area contributed by atoms with Crippen molar-refractivity contribution in [2.75, 3.05) is 5.32 Å². The third-order valence-electron chi connectivity index (χ3n) is 3.71. The van der Waals surface area contributed by atoms with Crippen LogP contribution in [0.5, 0.6) is 0 Å². The van der Waals surface area contributed by atoms with E-state index in [-0.39, 0.29) is 5.91 Å². The first-order valence-electron chi connectivity index (χ1n) is 6.76. The number of amides is 1. The number of nitriles is 1. The number of nitrogens with zero attached hydrogens (tertiary/aromatic N) is 2. The van der Waals surface area contributed by atoms with E-state index in [4.69, 9.17) is 5.26 Å². The van der Waals surface area contributed by atoms with Gasteiger partial charge in [0.1, 0.15) is 5.65 Å². The number of aromatic amines is 1. The van der Waals surface area contributed by atoms with Gasteiger partial charge in [-0.3, -0.25) is 4.79 Å². The van der Waals surface area contributed by atoms with Crippen LogP contribution in [-0.4, -0.2) is 15.9 Å². The molecule has 0 radical (unpaired) electrons. The van der Waals surface area contributed by atoms with Gasteiger partial charge in [0, 0.05) is 40.2 Å². The van der Waals surface area contributed by atoms with Gasteiger partial charge in [0.05, 0.1) is 11.6 Å². The minimum absolute atomic E-state index is 0.164. The highest BCUT2D eigenvalue weighted by Gasteiger charge is 2.24. The Hall–Kier alpha value is -3.39. The molecule has 1 amide bonds. The molecule has 0 atom stereocenters. The van der Waals surface area contributed by atoms with E-state index >= 15 is 0 Å². The summed E-state index contributed by atoms with van der Waals surface area (Å²) in [5.41, 5.74) is 4.23. The summed E-state index contributed by atoms with van der Waals surface area (Å²) in [5.74, 6) is -0.164. The van der Waals surface area contributed by atoms with E-state index in [1.54, 1.807) is 24.4 Å². The van der Waals surface area contributed by atoms with Gasteiger partial charge in [-0.2, -0.15) is 5.26 Å². The molecule has 1 aliphatic rings. The van der Waals surface area contributed by atoms with E-state index in [0.717, 1.165) is 27.8 Å². The lowest BCUT2D eigenvalue weighted by molar-refractivity contribution is -0.110. The molecule has 22 heavy (non-hydrogen) atoms. The topological polar surface area (TPSA) is 81.6 Å². The van der Waals surface area contributed by atoms with Crippen molar-refractivity contribution in [2.24, 2.45) is 0 Å². The average molecular weight is 286 g/mol. The second-order valence-electron chi connectivity index (χ2n) is 5.03. The maximum absolute atomic E-state index is 12.2. The first-order valence-corrected chi connectivity index (χ1v) is 6.76. The first kappa shape index (κ1) is 12.4. The summed E-state index contributed by atoms with van der Waals surface area (Å²) in [7, 11) is 0. The highest BCUT2D eigenvalue weighted by atomic mass is 16.2. The lowest BCUT2D eigenvalue weighted by Gasteiger charge is -1.99. The Labute approximate surface area is 125 Å². The molecule has 3 aromatic rings. The summed E-state index contributed by atoms with van der Waals surface area (Å²) < 4.78 is 0. The minimum Gasteiger partial charge on any atom is -0.346 e. The monoisotopic (exact) mass is 286 g/mol. The lowest BCUT2D eigenvalue weighted by atomic mass is 10.0. The molecule has 3 heterocycles. The van der Waals surface area contributed by atoms with Gasteiger partial charge >= 0.3 is 0 Å². The normalized spacial score (nSPS) is 14.9. The number of fused-ring (bicyclic) bond motifs is 2. The molecular weight excluding hydrogens is 276 g/mol. The number of hydrogen-bond donors (Lipinski definition) is 2. The quantitative estimate of drug-likeness (QED) is 0.675. The van der Waals surface area contributed by atoms with Crippen molar-refractivity contribution in [1.29, 1.82) is 5.26 Å². The number of H-pyrrole nitrogens is 1.